The largest absolute Gasteiger partial charge is 0.508 e. The van der Waals surface area contributed by atoms with Crippen LogP contribution in [0.15, 0.2) is 12.3 Å². The molecule has 1 aromatic rings. The number of nitrogens with zero attached hydrogens (tertiary/aromatic N) is 1. The zero-order valence-electron chi connectivity index (χ0n) is 8.10. The molecule has 2 rings (SSSR count). The lowest BCUT2D eigenvalue weighted by Crippen LogP contribution is -2.26. The molecule has 0 spiro atoms. The molecule has 0 fully saturated rings. The highest BCUT2D eigenvalue weighted by atomic mass is 16.4. The van der Waals surface area contributed by atoms with E-state index in [1.807, 2.05) is 0 Å². The van der Waals surface area contributed by atoms with Gasteiger partial charge in [0.15, 0.2) is 0 Å². The number of carboxylic acid groups (broad SMARTS) is 1. The number of rotatable bonds is 2. The molecule has 1 aromatic heterocycles. The molecule has 0 radical (unpaired) electrons. The van der Waals surface area contributed by atoms with Gasteiger partial charge in [-0.2, -0.15) is 0 Å². The number of amides is 1. The number of nitrogens with one attached hydrogen (secondary N) is 1. The molecular weight excluding hydrogens is 196 g/mol. The molecule has 0 bridgehead atoms. The lowest BCUT2D eigenvalue weighted by molar-refractivity contribution is 0.193. The summed E-state index contributed by atoms with van der Waals surface area (Å²) in [6, 6.07) is 1.56. The molecule has 1 aliphatic carbocycles. The average Bonchev–Trinajstić information content (AvgIpc) is 2.59. The van der Waals surface area contributed by atoms with E-state index in [4.69, 9.17) is 5.11 Å². The van der Waals surface area contributed by atoms with Crippen LogP contribution >= 0.6 is 0 Å². The molecule has 0 saturated heterocycles. The Morgan fingerprint density at radius 3 is 3.20 bits per heavy atom. The van der Waals surface area contributed by atoms with Gasteiger partial charge in [-0.25, -0.2) is 4.79 Å². The molecule has 5 heteroatoms. The summed E-state index contributed by atoms with van der Waals surface area (Å²) in [5.41, 5.74) is 1.68. The summed E-state index contributed by atoms with van der Waals surface area (Å²) < 4.78 is 0. The second-order valence-corrected chi connectivity index (χ2v) is 3.62. The fourth-order valence-electron chi connectivity index (χ4n) is 1.97. The topological polar surface area (TPSA) is 82.5 Å². The minimum Gasteiger partial charge on any atom is -0.508 e. The molecule has 15 heavy (non-hydrogen) atoms. The maximum absolute atomic E-state index is 10.4. The molecule has 1 aliphatic rings. The van der Waals surface area contributed by atoms with E-state index in [2.05, 4.69) is 10.3 Å². The molecule has 1 heterocycles. The van der Waals surface area contributed by atoms with Crippen LogP contribution < -0.4 is 5.32 Å². The monoisotopic (exact) mass is 208 g/mol. The van der Waals surface area contributed by atoms with Crippen molar-refractivity contribution < 1.29 is 15.0 Å². The first-order valence-corrected chi connectivity index (χ1v) is 4.82. The minimum atomic E-state index is -1.02. The highest BCUT2D eigenvalue weighted by Crippen LogP contribution is 2.35. The Kier molecular flexibility index (Phi) is 2.45. The third-order valence-electron chi connectivity index (χ3n) is 2.69. The Morgan fingerprint density at radius 2 is 2.47 bits per heavy atom. The Labute approximate surface area is 86.8 Å². The van der Waals surface area contributed by atoms with Crippen molar-refractivity contribution in [2.24, 2.45) is 0 Å². The lowest BCUT2D eigenvalue weighted by atomic mass is 10.1. The van der Waals surface area contributed by atoms with E-state index in [1.54, 1.807) is 12.3 Å². The van der Waals surface area contributed by atoms with Crippen LogP contribution in [0.3, 0.4) is 0 Å². The van der Waals surface area contributed by atoms with E-state index in [9.17, 15) is 9.90 Å². The predicted molar refractivity (Wildman–Crippen MR) is 53.0 cm³/mol. The summed E-state index contributed by atoms with van der Waals surface area (Å²) in [6.07, 6.45) is 2.12. The first-order valence-electron chi connectivity index (χ1n) is 4.82. The fraction of sp³-hybridized carbons (Fsp3) is 0.400. The quantitative estimate of drug-likeness (QED) is 0.679. The van der Waals surface area contributed by atoms with Gasteiger partial charge in [0.2, 0.25) is 0 Å². The molecule has 1 atom stereocenters. The number of aromatic nitrogens is 1. The van der Waals surface area contributed by atoms with E-state index < -0.39 is 6.09 Å². The summed E-state index contributed by atoms with van der Waals surface area (Å²) in [6.45, 7) is 0.360. The average molecular weight is 208 g/mol. The van der Waals surface area contributed by atoms with Gasteiger partial charge in [-0.3, -0.25) is 4.98 Å². The normalized spacial score (nSPS) is 18.5. The van der Waals surface area contributed by atoms with E-state index in [0.29, 0.717) is 6.54 Å². The van der Waals surface area contributed by atoms with Crippen molar-refractivity contribution >= 4 is 6.09 Å². The predicted octanol–water partition coefficient (Wildman–Crippen LogP) is 1.08. The highest BCUT2D eigenvalue weighted by Gasteiger charge is 2.26. The van der Waals surface area contributed by atoms with Crippen molar-refractivity contribution in [2.75, 3.05) is 6.54 Å². The van der Waals surface area contributed by atoms with Crippen molar-refractivity contribution in [1.82, 2.24) is 10.3 Å². The van der Waals surface area contributed by atoms with E-state index >= 15 is 0 Å². The smallest absolute Gasteiger partial charge is 0.404 e. The van der Waals surface area contributed by atoms with Crippen molar-refractivity contribution in [2.45, 2.75) is 18.8 Å². The first kappa shape index (κ1) is 9.76. The van der Waals surface area contributed by atoms with Crippen LogP contribution in [-0.4, -0.2) is 27.8 Å². The number of aromatic hydroxyl groups is 1. The molecule has 1 amide bonds. The van der Waals surface area contributed by atoms with Gasteiger partial charge in [-0.05, 0) is 18.9 Å². The second kappa shape index (κ2) is 3.76. The van der Waals surface area contributed by atoms with Gasteiger partial charge in [0.25, 0.3) is 0 Å². The maximum atomic E-state index is 10.4. The van der Waals surface area contributed by atoms with Crippen LogP contribution in [0.2, 0.25) is 0 Å². The molecule has 0 aliphatic heterocycles. The molecular formula is C10H12N2O3. The van der Waals surface area contributed by atoms with Crippen LogP contribution in [-0.2, 0) is 6.42 Å². The van der Waals surface area contributed by atoms with Crippen LogP contribution in [0.25, 0.3) is 0 Å². The van der Waals surface area contributed by atoms with Crippen LogP contribution in [0, 0.1) is 0 Å². The third kappa shape index (κ3) is 1.86. The first-order chi connectivity index (χ1) is 7.18. The standard InChI is InChI=1S/C10H12N2O3/c13-8-3-4-11-9-6(1-2-7(8)9)5-12-10(14)15/h3-4,6,12H,1-2,5H2,(H,11,13)(H,14,15). The summed E-state index contributed by atoms with van der Waals surface area (Å²) in [5, 5.41) is 20.4. The van der Waals surface area contributed by atoms with Crippen molar-refractivity contribution in [3.05, 3.63) is 23.5 Å². The Balaban J connectivity index is 2.14. The number of fused-ring (bicyclic) bond motifs is 1. The number of carbonyl (C=O) groups is 1. The number of pyridine rings is 1. The van der Waals surface area contributed by atoms with Gasteiger partial charge >= 0.3 is 6.09 Å². The van der Waals surface area contributed by atoms with Gasteiger partial charge in [-0.15, -0.1) is 0 Å². The number of hydrogen-bond donors (Lipinski definition) is 3. The third-order valence-corrected chi connectivity index (χ3v) is 2.69. The number of hydrogen-bond acceptors (Lipinski definition) is 3. The lowest BCUT2D eigenvalue weighted by Gasteiger charge is -2.09. The molecule has 0 aromatic carbocycles. The van der Waals surface area contributed by atoms with Gasteiger partial charge in [0, 0.05) is 24.2 Å². The maximum Gasteiger partial charge on any atom is 0.404 e. The van der Waals surface area contributed by atoms with Crippen molar-refractivity contribution in [3.63, 3.8) is 0 Å². The Hall–Kier alpha value is -1.78. The van der Waals surface area contributed by atoms with Crippen molar-refractivity contribution in [3.8, 4) is 5.75 Å². The fourth-order valence-corrected chi connectivity index (χ4v) is 1.97. The van der Waals surface area contributed by atoms with Gasteiger partial charge in [0.05, 0.1) is 5.69 Å². The second-order valence-electron chi connectivity index (χ2n) is 3.62. The van der Waals surface area contributed by atoms with Crippen LogP contribution in [0.1, 0.15) is 23.6 Å². The Morgan fingerprint density at radius 1 is 1.67 bits per heavy atom. The van der Waals surface area contributed by atoms with Crippen molar-refractivity contribution in [1.29, 1.82) is 0 Å². The summed E-state index contributed by atoms with van der Waals surface area (Å²) in [7, 11) is 0. The molecule has 1 unspecified atom stereocenters. The van der Waals surface area contributed by atoms with E-state index in [-0.39, 0.29) is 11.7 Å². The minimum absolute atomic E-state index is 0.0863. The van der Waals surface area contributed by atoms with E-state index in [1.165, 1.54) is 0 Å². The van der Waals surface area contributed by atoms with Crippen LogP contribution in [0.5, 0.6) is 5.75 Å². The van der Waals surface area contributed by atoms with Gasteiger partial charge < -0.3 is 15.5 Å². The molecule has 3 N–H and O–H groups in total. The van der Waals surface area contributed by atoms with Gasteiger partial charge in [-0.1, -0.05) is 0 Å². The summed E-state index contributed by atoms with van der Waals surface area (Å²) >= 11 is 0. The highest BCUT2D eigenvalue weighted by molar-refractivity contribution is 5.64. The SMILES string of the molecule is O=C(O)NCC1CCc2c(O)ccnc21. The molecule has 80 valence electrons. The summed E-state index contributed by atoms with van der Waals surface area (Å²) in [5.74, 6) is 0.348. The van der Waals surface area contributed by atoms with E-state index in [0.717, 1.165) is 24.1 Å². The Bertz CT molecular complexity index is 392. The van der Waals surface area contributed by atoms with Gasteiger partial charge in [0.1, 0.15) is 5.75 Å². The van der Waals surface area contributed by atoms with Crippen LogP contribution in [0.4, 0.5) is 4.79 Å². The molecule has 5 nitrogen and oxygen atoms in total. The zero-order valence-corrected chi connectivity index (χ0v) is 8.10. The zero-order chi connectivity index (χ0) is 10.8. The molecule has 0 saturated carbocycles. The summed E-state index contributed by atoms with van der Waals surface area (Å²) in [4.78, 5) is 14.5.